The van der Waals surface area contributed by atoms with Crippen LogP contribution in [0.15, 0.2) is 41.3 Å². The van der Waals surface area contributed by atoms with E-state index < -0.39 is 11.6 Å². The number of benzene rings is 1. The van der Waals surface area contributed by atoms with E-state index in [1.807, 2.05) is 12.1 Å². The first-order chi connectivity index (χ1) is 9.29. The molecule has 0 aliphatic heterocycles. The fraction of sp³-hybridized carbons (Fsp3) is 0.267. The molecule has 0 radical (unpaired) electrons. The third kappa shape index (κ3) is 2.77. The minimum absolute atomic E-state index is 0.0150. The molecule has 5 heteroatoms. The number of carbonyl (C=O) groups excluding carboxylic acids is 1. The zero-order chi connectivity index (χ0) is 14.9. The summed E-state index contributed by atoms with van der Waals surface area (Å²) in [5, 5.41) is 0. The van der Waals surface area contributed by atoms with Gasteiger partial charge in [0.2, 0.25) is 0 Å². The Labute approximate surface area is 117 Å². The summed E-state index contributed by atoms with van der Waals surface area (Å²) < 4.78 is 0.947. The molecule has 2 aromatic rings. The molecule has 1 heterocycles. The van der Waals surface area contributed by atoms with Crippen LogP contribution in [-0.4, -0.2) is 15.5 Å². The van der Waals surface area contributed by atoms with E-state index in [1.54, 1.807) is 12.1 Å². The lowest BCUT2D eigenvalue weighted by Crippen LogP contribution is -2.29. The van der Waals surface area contributed by atoms with Crippen molar-refractivity contribution in [3.63, 3.8) is 0 Å². The van der Waals surface area contributed by atoms with E-state index in [-0.39, 0.29) is 11.2 Å². The third-order valence-corrected chi connectivity index (χ3v) is 3.04. The van der Waals surface area contributed by atoms with Crippen LogP contribution in [-0.2, 0) is 5.41 Å². The molecule has 0 spiro atoms. The maximum atomic E-state index is 12.2. The Bertz CT molecular complexity index is 694. The number of nitrogens with zero attached hydrogens (tertiary/aromatic N) is 2. The molecule has 0 aliphatic carbocycles. The van der Waals surface area contributed by atoms with Gasteiger partial charge in [0, 0.05) is 11.8 Å². The Morgan fingerprint density at radius 3 is 2.25 bits per heavy atom. The Morgan fingerprint density at radius 1 is 1.15 bits per heavy atom. The fourth-order valence-corrected chi connectivity index (χ4v) is 1.82. The Morgan fingerprint density at radius 2 is 1.75 bits per heavy atom. The topological polar surface area (TPSA) is 78.0 Å². The molecule has 0 amide bonds. The Hall–Kier alpha value is -2.43. The van der Waals surface area contributed by atoms with Crippen molar-refractivity contribution in [3.05, 3.63) is 58.1 Å². The van der Waals surface area contributed by atoms with Crippen molar-refractivity contribution < 1.29 is 4.79 Å². The molecule has 2 N–H and O–H groups in total. The first kappa shape index (κ1) is 14.0. The van der Waals surface area contributed by atoms with Gasteiger partial charge >= 0.3 is 5.69 Å². The van der Waals surface area contributed by atoms with Crippen LogP contribution < -0.4 is 11.4 Å². The first-order valence-electron chi connectivity index (χ1n) is 6.29. The number of nitrogens with two attached hydrogens (primary N) is 1. The highest BCUT2D eigenvalue weighted by Gasteiger charge is 2.15. The maximum absolute atomic E-state index is 12.2. The zero-order valence-corrected chi connectivity index (χ0v) is 11.8. The maximum Gasteiger partial charge on any atom is 0.356 e. The minimum Gasteiger partial charge on any atom is -0.383 e. The average molecular weight is 271 g/mol. The lowest BCUT2D eigenvalue weighted by molar-refractivity contribution is 0.0954. The van der Waals surface area contributed by atoms with Crippen molar-refractivity contribution >= 4 is 11.7 Å². The van der Waals surface area contributed by atoms with Crippen LogP contribution in [0.3, 0.4) is 0 Å². The van der Waals surface area contributed by atoms with Crippen LogP contribution in [0, 0.1) is 0 Å². The second kappa shape index (κ2) is 4.92. The number of hydrogen-bond acceptors (Lipinski definition) is 4. The molecule has 20 heavy (non-hydrogen) atoms. The zero-order valence-electron chi connectivity index (χ0n) is 11.8. The van der Waals surface area contributed by atoms with Crippen LogP contribution in [0.2, 0.25) is 0 Å². The van der Waals surface area contributed by atoms with E-state index in [0.717, 1.165) is 10.1 Å². The van der Waals surface area contributed by atoms with Crippen LogP contribution in [0.4, 0.5) is 5.82 Å². The van der Waals surface area contributed by atoms with E-state index in [4.69, 9.17) is 5.73 Å². The molecule has 104 valence electrons. The molecule has 1 aromatic carbocycles. The van der Waals surface area contributed by atoms with E-state index in [2.05, 4.69) is 25.8 Å². The second-order valence-corrected chi connectivity index (χ2v) is 5.64. The molecule has 0 aliphatic rings. The highest BCUT2D eigenvalue weighted by molar-refractivity contribution is 5.95. The molecule has 0 fully saturated rings. The van der Waals surface area contributed by atoms with Crippen LogP contribution in [0.5, 0.6) is 0 Å². The SMILES string of the molecule is CC(C)(C)c1ccc(C(=O)n2ccc(N)nc2=O)cc1. The molecule has 0 bridgehead atoms. The second-order valence-electron chi connectivity index (χ2n) is 5.64. The summed E-state index contributed by atoms with van der Waals surface area (Å²) >= 11 is 0. The first-order valence-corrected chi connectivity index (χ1v) is 6.29. The fourth-order valence-electron chi connectivity index (χ4n) is 1.82. The van der Waals surface area contributed by atoms with Gasteiger partial charge in [-0.05, 0) is 29.2 Å². The summed E-state index contributed by atoms with van der Waals surface area (Å²) in [5.74, 6) is -0.315. The molecular weight excluding hydrogens is 254 g/mol. The van der Waals surface area contributed by atoms with Crippen molar-refractivity contribution in [2.45, 2.75) is 26.2 Å². The summed E-state index contributed by atoms with van der Waals surface area (Å²) in [6.45, 7) is 6.29. The summed E-state index contributed by atoms with van der Waals surface area (Å²) in [6.07, 6.45) is 1.34. The third-order valence-electron chi connectivity index (χ3n) is 3.04. The van der Waals surface area contributed by atoms with Crippen LogP contribution in [0.1, 0.15) is 36.7 Å². The van der Waals surface area contributed by atoms with Gasteiger partial charge in [0.1, 0.15) is 5.82 Å². The van der Waals surface area contributed by atoms with Gasteiger partial charge in [-0.15, -0.1) is 0 Å². The molecule has 1 aromatic heterocycles. The molecular formula is C15H17N3O2. The smallest absolute Gasteiger partial charge is 0.356 e. The molecule has 0 saturated heterocycles. The van der Waals surface area contributed by atoms with Gasteiger partial charge in [0.15, 0.2) is 0 Å². The monoisotopic (exact) mass is 271 g/mol. The number of aromatic nitrogens is 2. The quantitative estimate of drug-likeness (QED) is 0.858. The Kier molecular flexibility index (Phi) is 3.44. The highest BCUT2D eigenvalue weighted by Crippen LogP contribution is 2.22. The molecule has 0 atom stereocenters. The van der Waals surface area contributed by atoms with E-state index >= 15 is 0 Å². The van der Waals surface area contributed by atoms with Gasteiger partial charge < -0.3 is 5.73 Å². The lowest BCUT2D eigenvalue weighted by atomic mass is 9.87. The number of nitrogen functional groups attached to an aromatic ring is 1. The number of hydrogen-bond donors (Lipinski definition) is 1. The average Bonchev–Trinajstić information content (AvgIpc) is 2.37. The van der Waals surface area contributed by atoms with Gasteiger partial charge in [0.05, 0.1) is 0 Å². The van der Waals surface area contributed by atoms with Crippen molar-refractivity contribution in [3.8, 4) is 0 Å². The number of anilines is 1. The van der Waals surface area contributed by atoms with Gasteiger partial charge in [-0.25, -0.2) is 9.36 Å². The van der Waals surface area contributed by atoms with Gasteiger partial charge in [0.25, 0.3) is 5.91 Å². The standard InChI is InChI=1S/C15H17N3O2/c1-15(2,3)11-6-4-10(5-7-11)13(19)18-9-8-12(16)17-14(18)20/h4-9H,1-3H3,(H2,16,17,20). The van der Waals surface area contributed by atoms with Crippen molar-refractivity contribution in [2.75, 3.05) is 5.73 Å². The lowest BCUT2D eigenvalue weighted by Gasteiger charge is -2.19. The van der Waals surface area contributed by atoms with Gasteiger partial charge in [-0.3, -0.25) is 4.79 Å². The summed E-state index contributed by atoms with van der Waals surface area (Å²) in [5.41, 5.74) is 6.30. The molecule has 2 rings (SSSR count). The van der Waals surface area contributed by atoms with E-state index in [1.165, 1.54) is 12.3 Å². The highest BCUT2D eigenvalue weighted by atomic mass is 16.2. The Balaban J connectivity index is 2.37. The summed E-state index contributed by atoms with van der Waals surface area (Å²) in [7, 11) is 0. The van der Waals surface area contributed by atoms with Crippen molar-refractivity contribution in [2.24, 2.45) is 0 Å². The summed E-state index contributed by atoms with van der Waals surface area (Å²) in [4.78, 5) is 27.4. The minimum atomic E-state index is -0.671. The molecule has 5 nitrogen and oxygen atoms in total. The van der Waals surface area contributed by atoms with Gasteiger partial charge in [-0.2, -0.15) is 4.98 Å². The normalized spacial score (nSPS) is 11.3. The predicted molar refractivity (Wildman–Crippen MR) is 77.8 cm³/mol. The van der Waals surface area contributed by atoms with Crippen LogP contribution in [0.25, 0.3) is 0 Å². The molecule has 0 unspecified atom stereocenters. The molecule has 0 saturated carbocycles. The number of rotatable bonds is 1. The van der Waals surface area contributed by atoms with E-state index in [0.29, 0.717) is 5.56 Å². The largest absolute Gasteiger partial charge is 0.383 e. The van der Waals surface area contributed by atoms with E-state index in [9.17, 15) is 9.59 Å². The van der Waals surface area contributed by atoms with Crippen LogP contribution >= 0.6 is 0 Å². The van der Waals surface area contributed by atoms with Crippen molar-refractivity contribution in [1.29, 1.82) is 0 Å². The van der Waals surface area contributed by atoms with Crippen molar-refractivity contribution in [1.82, 2.24) is 9.55 Å². The predicted octanol–water partition coefficient (Wildman–Crippen LogP) is 1.81. The summed E-state index contributed by atoms with van der Waals surface area (Å²) in [6, 6.07) is 8.63. The number of carbonyl (C=O) groups is 1. The van der Waals surface area contributed by atoms with Gasteiger partial charge in [-0.1, -0.05) is 32.9 Å².